The van der Waals surface area contributed by atoms with Crippen LogP contribution in [0.5, 0.6) is 0 Å². The highest BCUT2D eigenvalue weighted by Crippen LogP contribution is 2.26. The van der Waals surface area contributed by atoms with Gasteiger partial charge in [-0.05, 0) is 25.1 Å². The maximum Gasteiger partial charge on any atom is 0.344 e. The highest BCUT2D eigenvalue weighted by atomic mass is 35.5. The van der Waals surface area contributed by atoms with Crippen molar-refractivity contribution in [2.24, 2.45) is 0 Å². The van der Waals surface area contributed by atoms with Crippen LogP contribution in [0.1, 0.15) is 16.1 Å². The van der Waals surface area contributed by atoms with Crippen LogP contribution >= 0.6 is 11.6 Å². The average molecular weight is 440 g/mol. The number of esters is 1. The molecule has 0 spiro atoms. The van der Waals surface area contributed by atoms with Gasteiger partial charge in [0.2, 0.25) is 0 Å². The second kappa shape index (κ2) is 9.22. The van der Waals surface area contributed by atoms with Crippen molar-refractivity contribution in [1.82, 2.24) is 10.1 Å². The van der Waals surface area contributed by atoms with Crippen molar-refractivity contribution in [2.75, 3.05) is 37.7 Å². The predicted molar refractivity (Wildman–Crippen MR) is 117 cm³/mol. The number of ether oxygens (including phenoxy) is 1. The molecule has 0 saturated carbocycles. The van der Waals surface area contributed by atoms with Crippen LogP contribution in [0, 0.1) is 6.92 Å². The van der Waals surface area contributed by atoms with Crippen LogP contribution in [0.25, 0.3) is 11.3 Å². The first-order valence-electron chi connectivity index (χ1n) is 10.00. The van der Waals surface area contributed by atoms with E-state index >= 15 is 0 Å². The summed E-state index contributed by atoms with van der Waals surface area (Å²) >= 11 is 6.07. The summed E-state index contributed by atoms with van der Waals surface area (Å²) in [6.07, 6.45) is 0. The maximum absolute atomic E-state index is 12.7. The fourth-order valence-electron chi connectivity index (χ4n) is 3.58. The van der Waals surface area contributed by atoms with E-state index in [1.54, 1.807) is 11.8 Å². The van der Waals surface area contributed by atoms with E-state index in [2.05, 4.69) is 10.1 Å². The number of hydrogen-bond acceptors (Lipinski definition) is 6. The van der Waals surface area contributed by atoms with Crippen LogP contribution in [-0.4, -0.2) is 54.7 Å². The quantitative estimate of drug-likeness (QED) is 0.563. The third-order valence-corrected chi connectivity index (χ3v) is 5.48. The highest BCUT2D eigenvalue weighted by molar-refractivity contribution is 6.30. The standard InChI is InChI=1S/C23H22ClN3O4/c1-16-21(22(25-31-16)17-6-3-2-4-7-17)23(29)30-15-20(28)27-12-10-26(11-13-27)19-9-5-8-18(24)14-19/h2-9,14H,10-13,15H2,1H3. The van der Waals surface area contributed by atoms with Crippen molar-refractivity contribution < 1.29 is 18.8 Å². The number of halogens is 1. The molecule has 0 bridgehead atoms. The van der Waals surface area contributed by atoms with Gasteiger partial charge >= 0.3 is 5.97 Å². The molecule has 0 unspecified atom stereocenters. The zero-order valence-electron chi connectivity index (χ0n) is 17.1. The lowest BCUT2D eigenvalue weighted by atomic mass is 10.1. The molecule has 1 saturated heterocycles. The molecule has 0 N–H and O–H groups in total. The lowest BCUT2D eigenvalue weighted by Gasteiger charge is -2.36. The largest absolute Gasteiger partial charge is 0.452 e. The Morgan fingerprint density at radius 3 is 2.52 bits per heavy atom. The van der Waals surface area contributed by atoms with Gasteiger partial charge in [0.15, 0.2) is 6.61 Å². The van der Waals surface area contributed by atoms with Gasteiger partial charge in [-0.3, -0.25) is 4.79 Å². The van der Waals surface area contributed by atoms with Crippen molar-refractivity contribution in [3.63, 3.8) is 0 Å². The second-order valence-electron chi connectivity index (χ2n) is 7.25. The minimum atomic E-state index is -0.622. The lowest BCUT2D eigenvalue weighted by molar-refractivity contribution is -0.134. The van der Waals surface area contributed by atoms with E-state index in [0.29, 0.717) is 42.7 Å². The summed E-state index contributed by atoms with van der Waals surface area (Å²) in [5, 5.41) is 4.66. The Bertz CT molecular complexity index is 1080. The summed E-state index contributed by atoms with van der Waals surface area (Å²) < 4.78 is 10.5. The van der Waals surface area contributed by atoms with E-state index in [0.717, 1.165) is 11.3 Å². The number of rotatable bonds is 5. The molecular formula is C23H22ClN3O4. The molecular weight excluding hydrogens is 418 g/mol. The summed E-state index contributed by atoms with van der Waals surface area (Å²) in [6.45, 7) is 3.78. The summed E-state index contributed by atoms with van der Waals surface area (Å²) in [4.78, 5) is 29.1. The monoisotopic (exact) mass is 439 g/mol. The number of carbonyl (C=O) groups is 2. The zero-order chi connectivity index (χ0) is 21.8. The predicted octanol–water partition coefficient (Wildman–Crippen LogP) is 3.81. The average Bonchev–Trinajstić information content (AvgIpc) is 3.19. The van der Waals surface area contributed by atoms with Crippen molar-refractivity contribution in [2.45, 2.75) is 6.92 Å². The van der Waals surface area contributed by atoms with Gasteiger partial charge in [-0.2, -0.15) is 0 Å². The van der Waals surface area contributed by atoms with E-state index in [9.17, 15) is 9.59 Å². The molecule has 3 aromatic rings. The lowest BCUT2D eigenvalue weighted by Crippen LogP contribution is -2.49. The number of carbonyl (C=O) groups excluding carboxylic acids is 2. The molecule has 1 aliphatic heterocycles. The molecule has 2 heterocycles. The van der Waals surface area contributed by atoms with Crippen LogP contribution in [0.3, 0.4) is 0 Å². The topological polar surface area (TPSA) is 75.9 Å². The molecule has 0 radical (unpaired) electrons. The third kappa shape index (κ3) is 4.72. The van der Waals surface area contributed by atoms with Gasteiger partial charge in [-0.25, -0.2) is 4.79 Å². The number of piperazine rings is 1. The van der Waals surface area contributed by atoms with E-state index in [4.69, 9.17) is 20.9 Å². The fourth-order valence-corrected chi connectivity index (χ4v) is 3.77. The number of aromatic nitrogens is 1. The molecule has 31 heavy (non-hydrogen) atoms. The SMILES string of the molecule is Cc1onc(-c2ccccc2)c1C(=O)OCC(=O)N1CCN(c2cccc(Cl)c2)CC1. The number of nitrogens with zero attached hydrogens (tertiary/aromatic N) is 3. The Labute approximate surface area is 185 Å². The van der Waals surface area contributed by atoms with Crippen LogP contribution in [0.4, 0.5) is 5.69 Å². The molecule has 2 aromatic carbocycles. The van der Waals surface area contributed by atoms with Gasteiger partial charge in [0, 0.05) is 42.5 Å². The first kappa shape index (κ1) is 20.9. The normalized spacial score (nSPS) is 13.9. The summed E-state index contributed by atoms with van der Waals surface area (Å²) in [6, 6.07) is 16.9. The van der Waals surface area contributed by atoms with Gasteiger partial charge in [-0.15, -0.1) is 0 Å². The minimum Gasteiger partial charge on any atom is -0.452 e. The van der Waals surface area contributed by atoms with Crippen molar-refractivity contribution in [1.29, 1.82) is 0 Å². The maximum atomic E-state index is 12.7. The van der Waals surface area contributed by atoms with Crippen LogP contribution in [-0.2, 0) is 9.53 Å². The Balaban J connectivity index is 1.34. The fraction of sp³-hybridized carbons (Fsp3) is 0.261. The highest BCUT2D eigenvalue weighted by Gasteiger charge is 2.26. The Hall–Kier alpha value is -3.32. The first-order chi connectivity index (χ1) is 15.0. The summed E-state index contributed by atoms with van der Waals surface area (Å²) in [5.74, 6) is -0.496. The van der Waals surface area contributed by atoms with Gasteiger partial charge in [0.25, 0.3) is 5.91 Å². The van der Waals surface area contributed by atoms with Gasteiger partial charge < -0.3 is 19.1 Å². The molecule has 0 aliphatic carbocycles. The summed E-state index contributed by atoms with van der Waals surface area (Å²) in [5.41, 5.74) is 2.42. The van der Waals surface area contributed by atoms with Crippen molar-refractivity contribution in [3.8, 4) is 11.3 Å². The van der Waals surface area contributed by atoms with Gasteiger partial charge in [-0.1, -0.05) is 53.2 Å². The molecule has 160 valence electrons. The van der Waals surface area contributed by atoms with Gasteiger partial charge in [0.1, 0.15) is 17.0 Å². The van der Waals surface area contributed by atoms with E-state index in [1.165, 1.54) is 0 Å². The zero-order valence-corrected chi connectivity index (χ0v) is 17.8. The van der Waals surface area contributed by atoms with Crippen LogP contribution in [0.2, 0.25) is 5.02 Å². The number of aryl methyl sites for hydroxylation is 1. The number of benzene rings is 2. The molecule has 1 fully saturated rings. The molecule has 1 amide bonds. The second-order valence-corrected chi connectivity index (χ2v) is 7.69. The molecule has 1 aromatic heterocycles. The minimum absolute atomic E-state index is 0.227. The van der Waals surface area contributed by atoms with Crippen LogP contribution in [0.15, 0.2) is 59.1 Å². The number of anilines is 1. The Morgan fingerprint density at radius 1 is 1.06 bits per heavy atom. The molecule has 0 atom stereocenters. The Morgan fingerprint density at radius 2 is 1.81 bits per heavy atom. The number of amides is 1. The third-order valence-electron chi connectivity index (χ3n) is 5.25. The van der Waals surface area contributed by atoms with Crippen molar-refractivity contribution >= 4 is 29.2 Å². The van der Waals surface area contributed by atoms with E-state index in [1.807, 2.05) is 54.6 Å². The summed E-state index contributed by atoms with van der Waals surface area (Å²) in [7, 11) is 0. The van der Waals surface area contributed by atoms with E-state index < -0.39 is 5.97 Å². The number of hydrogen-bond donors (Lipinski definition) is 0. The van der Waals surface area contributed by atoms with Crippen LogP contribution < -0.4 is 4.90 Å². The van der Waals surface area contributed by atoms with E-state index in [-0.39, 0.29) is 18.1 Å². The molecule has 7 nitrogen and oxygen atoms in total. The van der Waals surface area contributed by atoms with Crippen molar-refractivity contribution in [3.05, 3.63) is 70.9 Å². The Kier molecular flexibility index (Phi) is 6.23. The molecule has 8 heteroatoms. The van der Waals surface area contributed by atoms with Gasteiger partial charge in [0.05, 0.1) is 0 Å². The first-order valence-corrected chi connectivity index (χ1v) is 10.4. The smallest absolute Gasteiger partial charge is 0.344 e. The molecule has 1 aliphatic rings. The molecule has 4 rings (SSSR count).